The largest absolute Gasteiger partial charge is 0.504 e. The van der Waals surface area contributed by atoms with Crippen molar-refractivity contribution in [2.24, 2.45) is 5.73 Å². The van der Waals surface area contributed by atoms with Crippen LogP contribution in [0.15, 0.2) is 140 Å². The lowest BCUT2D eigenvalue weighted by molar-refractivity contribution is -0.282. The second kappa shape index (κ2) is 38.2. The zero-order chi connectivity index (χ0) is 97.6. The van der Waals surface area contributed by atoms with Crippen LogP contribution in [-0.4, -0.2) is 241 Å². The van der Waals surface area contributed by atoms with Crippen molar-refractivity contribution >= 4 is 59.7 Å². The number of ether oxygens (including phenoxy) is 11. The normalized spacial score (nSPS) is 14.2. The van der Waals surface area contributed by atoms with Crippen LogP contribution in [0.1, 0.15) is 109 Å². The van der Waals surface area contributed by atoms with Gasteiger partial charge in [-0.3, -0.25) is 0 Å². The van der Waals surface area contributed by atoms with Crippen molar-refractivity contribution in [3.63, 3.8) is 0 Å². The maximum absolute atomic E-state index is 15.3. The number of aromatic hydroxyl groups is 27. The Balaban J connectivity index is 0.00000144. The van der Waals surface area contributed by atoms with Crippen molar-refractivity contribution in [2.45, 2.75) is 37.1 Å². The Morgan fingerprint density at radius 2 is 0.451 bits per heavy atom. The fourth-order valence-corrected chi connectivity index (χ4v) is 11.7. The summed E-state index contributed by atoms with van der Waals surface area (Å²) < 4.78 is 60.4. The Hall–Kier alpha value is -19.4. The molecule has 5 atom stereocenters. The molecule has 12 rings (SSSR count). The topological polar surface area (TPSA) is 844 Å². The molecule has 1 saturated heterocycles. The summed E-state index contributed by atoms with van der Waals surface area (Å²) in [7, 11) is 0. The Kier molecular flexibility index (Phi) is 27.1. The van der Waals surface area contributed by atoms with Crippen molar-refractivity contribution in [3.05, 3.63) is 201 Å². The number of carbonyl (C=O) groups excluding carboxylic acids is 10. The molecule has 29 N–H and O–H groups in total. The first-order valence-corrected chi connectivity index (χ1v) is 36.6. The van der Waals surface area contributed by atoms with Gasteiger partial charge in [-0.25, -0.2) is 47.9 Å². The van der Waals surface area contributed by atoms with Crippen LogP contribution in [0.3, 0.4) is 0 Å². The highest BCUT2D eigenvalue weighted by Crippen LogP contribution is 2.48. The summed E-state index contributed by atoms with van der Waals surface area (Å²) in [4.78, 5) is 142. The molecule has 0 radical (unpaired) electrons. The van der Waals surface area contributed by atoms with Gasteiger partial charge in [0.2, 0.25) is 41.1 Å². The average molecular weight is 1850 g/mol. The zero-order valence-electron chi connectivity index (χ0n) is 66.0. The molecule has 0 aromatic heterocycles. The van der Waals surface area contributed by atoms with Crippen LogP contribution in [0.5, 0.6) is 184 Å². The number of esters is 10. The molecule has 1 aliphatic heterocycles. The Labute approximate surface area is 735 Å². The average Bonchev–Trinajstić information content (AvgIpc) is 0.761. The summed E-state index contributed by atoms with van der Waals surface area (Å²) in [6.45, 7) is -1.16. The molecule has 1 aliphatic rings. The summed E-state index contributed by atoms with van der Waals surface area (Å²) in [6.07, 6.45) is -14.3. The molecule has 692 valence electrons. The van der Waals surface area contributed by atoms with Crippen LogP contribution in [0.25, 0.3) is 0 Å². The van der Waals surface area contributed by atoms with E-state index in [0.717, 1.165) is 5.56 Å². The van der Waals surface area contributed by atoms with Gasteiger partial charge in [0.05, 0.1) is 55.6 Å². The number of hydrogen-bond donors (Lipinski definition) is 28. The monoisotopic (exact) mass is 1850 g/mol. The van der Waals surface area contributed by atoms with Crippen molar-refractivity contribution in [1.29, 1.82) is 0 Å². The summed E-state index contributed by atoms with van der Waals surface area (Å²) in [5.74, 6) is -56.1. The van der Waals surface area contributed by atoms with Crippen LogP contribution in [-0.2, 0) is 34.8 Å². The van der Waals surface area contributed by atoms with Crippen molar-refractivity contribution in [2.75, 3.05) is 13.2 Å². The SMILES string of the molecule is NCCc1ccc(O)c(O)c1.O=C(OC[C@H]1O[C@@H](OC(=O)c2cc(O)c(O)c(OC(=O)c3cc(O)c(O)c(O)c3)c2)[C@H](OC(=O)c2cc(O)c(O)c(OC(=O)c3cc(O)c(O)c(O)c3)c2)[C@@H](OC(=O)c2cc(O)c(O)c(OC(=O)c3cc(O)c(O)c(O)c3)c2)[C@@H]1OC(=O)c1cc(O)c(O)c(OC(=O)c2cc(O)c(O)c(O)c2)c1)c1cc(O)c(O)c(OC(=O)c2cc(O)c(O)c(O)c2)c1. The molecule has 133 heavy (non-hydrogen) atoms. The van der Waals surface area contributed by atoms with Gasteiger partial charge in [-0.2, -0.15) is 0 Å². The van der Waals surface area contributed by atoms with Gasteiger partial charge in [0.1, 0.15) is 12.7 Å². The van der Waals surface area contributed by atoms with E-state index in [0.29, 0.717) is 134 Å². The van der Waals surface area contributed by atoms with E-state index in [1.807, 2.05) is 0 Å². The molecule has 0 aliphatic carbocycles. The van der Waals surface area contributed by atoms with Crippen molar-refractivity contribution in [1.82, 2.24) is 0 Å². The number of carbonyl (C=O) groups is 10. The number of nitrogens with two attached hydrogens (primary N) is 1. The number of hydrogen-bond acceptors (Lipinski definition) is 49. The maximum atomic E-state index is 15.3. The van der Waals surface area contributed by atoms with E-state index < -0.39 is 325 Å². The third kappa shape index (κ3) is 20.8. The van der Waals surface area contributed by atoms with E-state index in [4.69, 9.17) is 68.1 Å². The van der Waals surface area contributed by atoms with Gasteiger partial charge in [-0.15, -0.1) is 0 Å². The quantitative estimate of drug-likeness (QED) is 0.0164. The fourth-order valence-electron chi connectivity index (χ4n) is 11.7. The van der Waals surface area contributed by atoms with Gasteiger partial charge in [-0.1, -0.05) is 6.07 Å². The Morgan fingerprint density at radius 1 is 0.233 bits per heavy atom. The summed E-state index contributed by atoms with van der Waals surface area (Å²) in [6, 6.07) is 13.3. The highest BCUT2D eigenvalue weighted by molar-refractivity contribution is 6.00. The first-order valence-electron chi connectivity index (χ1n) is 36.6. The predicted octanol–water partition coefficient (Wildman–Crippen LogP) is 5.44. The molecule has 11 aromatic carbocycles. The van der Waals surface area contributed by atoms with Crippen LogP contribution in [0.4, 0.5) is 0 Å². The standard InChI is InChI=1S/C76H52O46.C8H11NO2/c77-32-1-22(2-33(78)53(32)92)67(103)113-47-16-27(11-42(87)58(47)97)66(102)112-21-52-63(119-72(108)28-12-43(88)59(98)48(17-28)114-68(104)23-3-34(79)54(93)35(80)4-23)64(120-73(109)29-13-44(89)60(99)49(18-29)115-69(105)24-5-36(81)55(94)37(82)6-24)65(121-74(110)30-14-45(90)61(100)50(19-30)116-70(106)25-7-38(83)56(95)39(84)8-25)76(118-52)122-75(111)31-15-46(91)62(101)51(20-31)117-71(107)26-9-40(85)57(96)41(86)10-26;9-4-3-6-1-2-7(10)8(11)5-6/h1-20,52,63-65,76-101H,21H2;1-2,5,10-11H,3-4,9H2/t52-,63-,64+,65-,76+;/m1./s1. The highest BCUT2D eigenvalue weighted by Gasteiger charge is 2.55. The molecule has 0 spiro atoms. The second-order valence-electron chi connectivity index (χ2n) is 27.5. The van der Waals surface area contributed by atoms with E-state index in [-0.39, 0.29) is 11.5 Å². The lowest BCUT2D eigenvalue weighted by Gasteiger charge is -2.43. The molecule has 11 aromatic rings. The third-order valence-electron chi connectivity index (χ3n) is 18.4. The first kappa shape index (κ1) is 94.3. The van der Waals surface area contributed by atoms with Gasteiger partial charge in [0.25, 0.3) is 0 Å². The van der Waals surface area contributed by atoms with E-state index in [1.165, 1.54) is 12.1 Å². The lowest BCUT2D eigenvalue weighted by atomic mass is 9.97. The third-order valence-corrected chi connectivity index (χ3v) is 18.4. The summed E-state index contributed by atoms with van der Waals surface area (Å²) in [5, 5.41) is 279. The highest BCUT2D eigenvalue weighted by atomic mass is 16.8. The van der Waals surface area contributed by atoms with Crippen LogP contribution in [0, 0.1) is 0 Å². The van der Waals surface area contributed by atoms with E-state index in [1.54, 1.807) is 6.07 Å². The number of benzene rings is 11. The van der Waals surface area contributed by atoms with Gasteiger partial charge < -0.3 is 196 Å². The molecule has 49 nitrogen and oxygen atoms in total. The van der Waals surface area contributed by atoms with Crippen LogP contribution < -0.4 is 29.4 Å². The molecule has 0 amide bonds. The Morgan fingerprint density at radius 3 is 0.699 bits per heavy atom. The molecule has 1 fully saturated rings. The van der Waals surface area contributed by atoms with Gasteiger partial charge in [-0.05, 0) is 152 Å². The molecule has 1 heterocycles. The van der Waals surface area contributed by atoms with E-state index in [2.05, 4.69) is 0 Å². The molecular weight excluding hydrogens is 1790 g/mol. The van der Waals surface area contributed by atoms with Gasteiger partial charge >= 0.3 is 59.7 Å². The molecule has 0 bridgehead atoms. The fraction of sp³-hybridized carbons (Fsp3) is 0.0952. The molecule has 0 unspecified atom stereocenters. The minimum Gasteiger partial charge on any atom is -0.504 e. The first-order chi connectivity index (χ1) is 62.6. The zero-order valence-corrected chi connectivity index (χ0v) is 66.0. The smallest absolute Gasteiger partial charge is 0.343 e. The molecule has 0 saturated carbocycles. The molecule has 49 heteroatoms. The second-order valence-corrected chi connectivity index (χ2v) is 27.5. The van der Waals surface area contributed by atoms with Crippen molar-refractivity contribution < 1.29 is 238 Å². The van der Waals surface area contributed by atoms with Crippen molar-refractivity contribution in [3.8, 4) is 184 Å². The van der Waals surface area contributed by atoms with Crippen LogP contribution in [0.2, 0.25) is 0 Å². The minimum absolute atomic E-state index is 0.0871. The van der Waals surface area contributed by atoms with Crippen LogP contribution >= 0.6 is 0 Å². The number of phenolic OH excluding ortho intramolecular Hbond substituents is 27. The summed E-state index contributed by atoms with van der Waals surface area (Å²) >= 11 is 0. The minimum atomic E-state index is -3.12. The number of phenols is 27. The summed E-state index contributed by atoms with van der Waals surface area (Å²) in [5.41, 5.74) is -3.65. The van der Waals surface area contributed by atoms with Gasteiger partial charge in [0, 0.05) is 0 Å². The molecular formula is C84H63NO48. The lowest BCUT2D eigenvalue weighted by Crippen LogP contribution is -2.63. The maximum Gasteiger partial charge on any atom is 0.343 e. The Bertz CT molecular complexity index is 6500. The number of rotatable bonds is 23. The predicted molar refractivity (Wildman–Crippen MR) is 425 cm³/mol. The van der Waals surface area contributed by atoms with E-state index in [9.17, 15) is 161 Å². The van der Waals surface area contributed by atoms with E-state index >= 15 is 14.4 Å². The van der Waals surface area contributed by atoms with Gasteiger partial charge in [0.15, 0.2) is 167 Å².